The van der Waals surface area contributed by atoms with Crippen LogP contribution in [-0.4, -0.2) is 87.1 Å². The van der Waals surface area contributed by atoms with E-state index in [2.05, 4.69) is 54.6 Å². The molecule has 2 N–H and O–H groups in total. The number of nitrogens with zero attached hydrogens (tertiary/aromatic N) is 2. The number of benzene rings is 2. The van der Waals surface area contributed by atoms with E-state index in [-0.39, 0.29) is 34.5 Å². The minimum atomic E-state index is -3.93. The number of alkyl halides is 1. The normalized spacial score (nSPS) is 31.6. The predicted molar refractivity (Wildman–Crippen MR) is 222 cm³/mol. The van der Waals surface area contributed by atoms with E-state index in [0.29, 0.717) is 31.9 Å². The molecule has 0 aromatic heterocycles. The topological polar surface area (TPSA) is 108 Å². The zero-order valence-corrected chi connectivity index (χ0v) is 35.1. The fourth-order valence-electron chi connectivity index (χ4n) is 9.08. The zero-order chi connectivity index (χ0) is 37.8. The van der Waals surface area contributed by atoms with Gasteiger partial charge in [-0.05, 0) is 129 Å². The molecule has 0 radical (unpaired) electrons. The summed E-state index contributed by atoms with van der Waals surface area (Å²) in [5.74, 6) is -0.0319. The fourth-order valence-corrected chi connectivity index (χ4v) is 10.6. The number of carbonyl (C=O) groups is 2. The number of piperidine rings is 1. The number of ketones is 1. The smallest absolute Gasteiger partial charge is 0.264 e. The zero-order valence-electron chi connectivity index (χ0n) is 31.4. The summed E-state index contributed by atoms with van der Waals surface area (Å²) in [7, 11) is -3.93. The van der Waals surface area contributed by atoms with E-state index in [0.717, 1.165) is 48.9 Å². The third-order valence-electron chi connectivity index (χ3n) is 12.6. The molecular weight excluding hydrogens is 823 g/mol. The predicted octanol–water partition coefficient (Wildman–Crippen LogP) is 6.95. The van der Waals surface area contributed by atoms with Crippen LogP contribution in [0.3, 0.4) is 0 Å². The van der Waals surface area contributed by atoms with Crippen LogP contribution in [0.4, 0.5) is 5.69 Å². The summed E-state index contributed by atoms with van der Waals surface area (Å²) in [5, 5.41) is 3.36. The summed E-state index contributed by atoms with van der Waals surface area (Å²) < 4.78 is 35.0. The first-order valence-corrected chi connectivity index (χ1v) is 23.5. The highest BCUT2D eigenvalue weighted by Crippen LogP contribution is 2.46. The van der Waals surface area contributed by atoms with Crippen molar-refractivity contribution in [1.29, 1.82) is 0 Å². The van der Waals surface area contributed by atoms with Crippen molar-refractivity contribution in [3.63, 3.8) is 0 Å². The number of ether oxygens (including phenoxy) is 1. The summed E-state index contributed by atoms with van der Waals surface area (Å²) in [6, 6.07) is 12.2. The number of aryl methyl sites for hydroxylation is 1. The molecule has 290 valence electrons. The van der Waals surface area contributed by atoms with Gasteiger partial charge in [0.15, 0.2) is 5.78 Å². The number of rotatable bonds is 0. The first-order valence-electron chi connectivity index (χ1n) is 19.4. The van der Waals surface area contributed by atoms with Gasteiger partial charge in [-0.3, -0.25) is 14.5 Å². The van der Waals surface area contributed by atoms with Crippen molar-refractivity contribution >= 4 is 61.6 Å². The lowest BCUT2D eigenvalue weighted by Crippen LogP contribution is -2.53. The second kappa shape index (κ2) is 17.7. The van der Waals surface area contributed by atoms with Gasteiger partial charge in [0.1, 0.15) is 5.75 Å². The van der Waals surface area contributed by atoms with Crippen LogP contribution >= 0.6 is 34.2 Å². The monoisotopic (exact) mass is 878 g/mol. The van der Waals surface area contributed by atoms with E-state index in [4.69, 9.17) is 16.3 Å². The molecule has 4 aliphatic heterocycles. The van der Waals surface area contributed by atoms with Crippen LogP contribution in [0.25, 0.3) is 0 Å². The molecule has 2 aromatic carbocycles. The van der Waals surface area contributed by atoms with E-state index < -0.39 is 21.2 Å². The molecular formula is C41H56ClIN4O5S. The number of hydrogen-bond donors (Lipinski definition) is 2. The van der Waals surface area contributed by atoms with E-state index in [1.807, 2.05) is 17.9 Å². The molecule has 12 heteroatoms. The number of halogens is 2. The van der Waals surface area contributed by atoms with Gasteiger partial charge >= 0.3 is 0 Å². The number of sulfonamides is 1. The molecule has 8 rings (SSSR count). The molecule has 1 spiro atoms. The Hall–Kier alpha value is -2.19. The number of piperazine rings is 1. The molecule has 2 aromatic rings. The molecule has 6 aliphatic rings. The van der Waals surface area contributed by atoms with Crippen molar-refractivity contribution in [3.8, 4) is 5.75 Å². The van der Waals surface area contributed by atoms with E-state index in [1.165, 1.54) is 56.6 Å². The molecule has 53 heavy (non-hydrogen) atoms. The molecule has 4 heterocycles. The Balaban J connectivity index is 0.000000340. The molecule has 0 unspecified atom stereocenters. The Labute approximate surface area is 335 Å². The average molecular weight is 879 g/mol. The minimum absolute atomic E-state index is 0.0666. The first-order chi connectivity index (χ1) is 25.5. The van der Waals surface area contributed by atoms with Gasteiger partial charge < -0.3 is 15.0 Å². The van der Waals surface area contributed by atoms with E-state index in [1.54, 1.807) is 37.3 Å². The highest BCUT2D eigenvalue weighted by molar-refractivity contribution is 14.1. The van der Waals surface area contributed by atoms with Crippen molar-refractivity contribution in [2.75, 3.05) is 55.7 Å². The number of amides is 1. The van der Waals surface area contributed by atoms with E-state index in [9.17, 15) is 18.0 Å². The number of anilines is 1. The minimum Gasteiger partial charge on any atom is -0.490 e. The number of fused-ring (bicyclic) bond motifs is 5. The van der Waals surface area contributed by atoms with Crippen molar-refractivity contribution in [1.82, 2.24) is 14.9 Å². The summed E-state index contributed by atoms with van der Waals surface area (Å²) in [6.45, 7) is 10.3. The van der Waals surface area contributed by atoms with Crippen LogP contribution in [0.15, 0.2) is 48.6 Å². The molecule has 2 aliphatic carbocycles. The van der Waals surface area contributed by atoms with Crippen LogP contribution in [0.1, 0.15) is 86.7 Å². The molecule has 9 nitrogen and oxygen atoms in total. The molecule has 2 bridgehead atoms. The van der Waals surface area contributed by atoms with E-state index >= 15 is 0 Å². The lowest BCUT2D eigenvalue weighted by atomic mass is 9.68. The van der Waals surface area contributed by atoms with Gasteiger partial charge in [-0.1, -0.05) is 59.7 Å². The molecule has 1 amide bonds. The SMILES string of the molecule is C1CCN2CCNC[C@H]2C1.CI.C[C@@H]1[C@@H](C)C/C=C/C(=O)[C@@H]2CC[C@H]2CN2C[C@@]3(CCCc4cc(Cl)ccc43)COc3ccc(cc32)C(=O)NS1(=O)=O. The molecule has 6 atom stereocenters. The Morgan fingerprint density at radius 1 is 1.00 bits per heavy atom. The van der Waals surface area contributed by atoms with Crippen molar-refractivity contribution in [2.45, 2.75) is 88.3 Å². The van der Waals surface area contributed by atoms with Gasteiger partial charge in [0.05, 0.1) is 17.5 Å². The Kier molecular flexibility index (Phi) is 13.5. The maximum atomic E-state index is 13.3. The van der Waals surface area contributed by atoms with Crippen LogP contribution < -0.4 is 19.7 Å². The Bertz CT molecular complexity index is 1750. The number of allylic oxidation sites excluding steroid dienone is 2. The van der Waals surface area contributed by atoms with Gasteiger partial charge in [0.25, 0.3) is 5.91 Å². The van der Waals surface area contributed by atoms with Crippen molar-refractivity contribution < 1.29 is 22.7 Å². The van der Waals surface area contributed by atoms with Crippen molar-refractivity contribution in [3.05, 3.63) is 70.3 Å². The number of carbonyl (C=O) groups excluding carboxylic acids is 2. The summed E-state index contributed by atoms with van der Waals surface area (Å²) >= 11 is 8.52. The number of hydrogen-bond acceptors (Lipinski definition) is 8. The molecule has 3 fully saturated rings. The van der Waals surface area contributed by atoms with Crippen LogP contribution in [0.2, 0.25) is 5.02 Å². The quantitative estimate of drug-likeness (QED) is 0.217. The van der Waals surface area contributed by atoms with Gasteiger partial charge in [0, 0.05) is 60.7 Å². The van der Waals surface area contributed by atoms with Crippen molar-refractivity contribution in [2.24, 2.45) is 17.8 Å². The second-order valence-corrected chi connectivity index (χ2v) is 18.3. The van der Waals surface area contributed by atoms with Crippen LogP contribution in [0.5, 0.6) is 5.75 Å². The Morgan fingerprint density at radius 2 is 1.83 bits per heavy atom. The fraction of sp³-hybridized carbons (Fsp3) is 0.610. The largest absolute Gasteiger partial charge is 0.490 e. The highest BCUT2D eigenvalue weighted by atomic mass is 127. The third kappa shape index (κ3) is 9.11. The highest BCUT2D eigenvalue weighted by Gasteiger charge is 2.44. The van der Waals surface area contributed by atoms with Gasteiger partial charge in [0.2, 0.25) is 10.0 Å². The maximum Gasteiger partial charge on any atom is 0.264 e. The van der Waals surface area contributed by atoms with Gasteiger partial charge in [-0.25, -0.2) is 13.1 Å². The summed E-state index contributed by atoms with van der Waals surface area (Å²) in [4.78, 5) is 33.4. The van der Waals surface area contributed by atoms with Gasteiger partial charge in [-0.15, -0.1) is 0 Å². The first kappa shape index (κ1) is 40.5. The lowest BCUT2D eigenvalue weighted by molar-refractivity contribution is -0.122. The average Bonchev–Trinajstić information content (AvgIpc) is 3.30. The standard InChI is InChI=1S/C32H37ClN2O5S.C8H16N2.CH3I/c1-20-5-3-7-29(36)26-11-8-24(26)17-35-18-32(14-4-6-22-15-25(33)10-12-27(22)32)19-40-30-13-9-23(16-28(30)35)31(37)34-41(38,39)21(20)2;1-2-5-10-6-4-9-7-8(10)3-1;1-2/h3,7,9-10,12-13,15-16,20-21,24,26H,4-6,8,11,14,17-19H2,1-2H3,(H,34,37);8-9H,1-7H2;1H3/b7-3+;;/t20-,21+,24-,26+,32-;8-;/m01./s1. The van der Waals surface area contributed by atoms with Gasteiger partial charge in [-0.2, -0.15) is 0 Å². The third-order valence-corrected chi connectivity index (χ3v) is 14.7. The van der Waals surface area contributed by atoms with Crippen LogP contribution in [-0.2, 0) is 26.7 Å². The lowest BCUT2D eigenvalue weighted by Gasteiger charge is -2.44. The molecule has 1 saturated carbocycles. The van der Waals surface area contributed by atoms with Crippen LogP contribution in [0, 0.1) is 17.8 Å². The second-order valence-electron chi connectivity index (χ2n) is 15.8. The summed E-state index contributed by atoms with van der Waals surface area (Å²) in [5.41, 5.74) is 3.22. The Morgan fingerprint density at radius 3 is 2.60 bits per heavy atom. The maximum absolute atomic E-state index is 13.3. The number of nitrogens with one attached hydrogen (secondary N) is 2. The summed E-state index contributed by atoms with van der Waals surface area (Å²) in [6.07, 6.45) is 12.9. The molecule has 2 saturated heterocycles.